The Morgan fingerprint density at radius 2 is 2.10 bits per heavy atom. The molecule has 20 heavy (non-hydrogen) atoms. The zero-order valence-electron chi connectivity index (χ0n) is 11.0. The number of para-hydroxylation sites is 1. The molecule has 5 nitrogen and oxygen atoms in total. The van der Waals surface area contributed by atoms with Crippen LogP contribution in [0.5, 0.6) is 0 Å². The summed E-state index contributed by atoms with van der Waals surface area (Å²) in [5.41, 5.74) is 4.12. The van der Waals surface area contributed by atoms with Crippen LogP contribution in [0.4, 0.5) is 10.5 Å². The van der Waals surface area contributed by atoms with Crippen molar-refractivity contribution in [3.05, 3.63) is 60.1 Å². The number of hydrogen-bond acceptors (Lipinski definition) is 3. The highest BCUT2D eigenvalue weighted by molar-refractivity contribution is 5.90. The molecule has 2 amide bonds. The topological polar surface area (TPSA) is 66.6 Å². The Balaban J connectivity index is 1.79. The smallest absolute Gasteiger partial charge is 0.339 e. The first-order chi connectivity index (χ1) is 9.75. The van der Waals surface area contributed by atoms with E-state index in [1.165, 1.54) is 6.21 Å². The van der Waals surface area contributed by atoms with Gasteiger partial charge >= 0.3 is 6.03 Å². The van der Waals surface area contributed by atoms with Gasteiger partial charge in [0.05, 0.1) is 6.26 Å². The number of amides is 2. The molecule has 1 heterocycles. The maximum Gasteiger partial charge on any atom is 0.339 e. The maximum absolute atomic E-state index is 11.6. The molecule has 0 aliphatic rings. The lowest BCUT2D eigenvalue weighted by Gasteiger charge is -2.06. The fourth-order valence-electron chi connectivity index (χ4n) is 1.53. The van der Waals surface area contributed by atoms with Crippen LogP contribution in [0, 0.1) is 6.92 Å². The molecule has 1 aromatic carbocycles. The number of anilines is 1. The van der Waals surface area contributed by atoms with E-state index in [-0.39, 0.29) is 6.03 Å². The molecule has 0 saturated heterocycles. The Morgan fingerprint density at radius 1 is 1.25 bits per heavy atom. The van der Waals surface area contributed by atoms with Crippen LogP contribution in [0.3, 0.4) is 0 Å². The fraction of sp³-hybridized carbons (Fsp3) is 0.0667. The highest BCUT2D eigenvalue weighted by Crippen LogP contribution is 2.12. The first kappa shape index (κ1) is 13.6. The van der Waals surface area contributed by atoms with E-state index >= 15 is 0 Å². The standard InChI is InChI=1S/C15H15N3O2/c1-12-6-2-3-9-14(12)17-15(19)18-16-10-4-7-13-8-5-11-20-13/h2-11H,1H3,(H2,17,18,19)/b7-4+,16-10+. The first-order valence-electron chi connectivity index (χ1n) is 6.11. The molecule has 2 N–H and O–H groups in total. The van der Waals surface area contributed by atoms with Gasteiger partial charge in [0, 0.05) is 11.9 Å². The summed E-state index contributed by atoms with van der Waals surface area (Å²) in [7, 11) is 0. The first-order valence-corrected chi connectivity index (χ1v) is 6.11. The molecular weight excluding hydrogens is 254 g/mol. The summed E-state index contributed by atoms with van der Waals surface area (Å²) >= 11 is 0. The number of urea groups is 1. The number of carbonyl (C=O) groups excluding carboxylic acids is 1. The van der Waals surface area contributed by atoms with E-state index in [1.54, 1.807) is 24.5 Å². The molecule has 0 aliphatic heterocycles. The molecule has 0 unspecified atom stereocenters. The van der Waals surface area contributed by atoms with Gasteiger partial charge in [-0.3, -0.25) is 0 Å². The second-order valence-corrected chi connectivity index (χ2v) is 4.03. The normalized spacial score (nSPS) is 11.1. The van der Waals surface area contributed by atoms with Gasteiger partial charge in [-0.05, 0) is 42.8 Å². The van der Waals surface area contributed by atoms with Crippen molar-refractivity contribution >= 4 is 24.0 Å². The van der Waals surface area contributed by atoms with Crippen molar-refractivity contribution in [2.24, 2.45) is 5.10 Å². The summed E-state index contributed by atoms with van der Waals surface area (Å²) < 4.78 is 5.11. The van der Waals surface area contributed by atoms with E-state index < -0.39 is 0 Å². The van der Waals surface area contributed by atoms with Gasteiger partial charge in [-0.25, -0.2) is 10.2 Å². The molecule has 1 aromatic heterocycles. The summed E-state index contributed by atoms with van der Waals surface area (Å²) in [6.45, 7) is 1.92. The lowest BCUT2D eigenvalue weighted by molar-refractivity contribution is 0.252. The maximum atomic E-state index is 11.6. The van der Waals surface area contributed by atoms with Gasteiger partial charge in [-0.15, -0.1) is 0 Å². The Kier molecular flexibility index (Phi) is 4.72. The summed E-state index contributed by atoms with van der Waals surface area (Å²) in [6.07, 6.45) is 6.47. The van der Waals surface area contributed by atoms with Gasteiger partial charge < -0.3 is 9.73 Å². The van der Waals surface area contributed by atoms with Crippen molar-refractivity contribution in [3.8, 4) is 0 Å². The molecule has 0 saturated carbocycles. The summed E-state index contributed by atoms with van der Waals surface area (Å²) in [5.74, 6) is 0.723. The van der Waals surface area contributed by atoms with Crippen molar-refractivity contribution in [1.29, 1.82) is 0 Å². The highest BCUT2D eigenvalue weighted by Gasteiger charge is 2.01. The van der Waals surface area contributed by atoms with Crippen molar-refractivity contribution in [2.75, 3.05) is 5.32 Å². The lowest BCUT2D eigenvalue weighted by atomic mass is 10.2. The SMILES string of the molecule is Cc1ccccc1NC(=O)N/N=C/C=C/c1ccco1. The van der Waals surface area contributed by atoms with Gasteiger partial charge in [-0.1, -0.05) is 18.2 Å². The molecule has 2 aromatic rings. The largest absolute Gasteiger partial charge is 0.465 e. The third kappa shape index (κ3) is 4.13. The van der Waals surface area contributed by atoms with E-state index in [4.69, 9.17) is 4.42 Å². The number of rotatable bonds is 4. The lowest BCUT2D eigenvalue weighted by Crippen LogP contribution is -2.24. The third-order valence-corrected chi connectivity index (χ3v) is 2.52. The highest BCUT2D eigenvalue weighted by atomic mass is 16.3. The van der Waals surface area contributed by atoms with Gasteiger partial charge in [0.15, 0.2) is 0 Å². The molecule has 0 atom stereocenters. The van der Waals surface area contributed by atoms with Crippen molar-refractivity contribution in [1.82, 2.24) is 5.43 Å². The van der Waals surface area contributed by atoms with Gasteiger partial charge in [0.2, 0.25) is 0 Å². The second kappa shape index (κ2) is 6.94. The number of carbonyl (C=O) groups is 1. The molecule has 0 aliphatic carbocycles. The van der Waals surface area contributed by atoms with E-state index in [1.807, 2.05) is 37.3 Å². The Labute approximate surface area is 117 Å². The zero-order valence-corrected chi connectivity index (χ0v) is 11.0. The number of furan rings is 1. The molecule has 5 heteroatoms. The number of hydrogen-bond donors (Lipinski definition) is 2. The van der Waals surface area contributed by atoms with E-state index in [2.05, 4.69) is 15.8 Å². The van der Waals surface area contributed by atoms with Crippen LogP contribution in [0.25, 0.3) is 6.08 Å². The minimum atomic E-state index is -0.387. The van der Waals surface area contributed by atoms with Crippen LogP contribution < -0.4 is 10.7 Å². The van der Waals surface area contributed by atoms with Crippen LogP contribution in [0.15, 0.2) is 58.3 Å². The van der Waals surface area contributed by atoms with E-state index in [0.717, 1.165) is 17.0 Å². The Bertz CT molecular complexity index is 616. The molecular formula is C15H15N3O2. The van der Waals surface area contributed by atoms with Crippen LogP contribution >= 0.6 is 0 Å². The van der Waals surface area contributed by atoms with Crippen molar-refractivity contribution < 1.29 is 9.21 Å². The van der Waals surface area contributed by atoms with Gasteiger partial charge in [-0.2, -0.15) is 5.10 Å². The predicted molar refractivity (Wildman–Crippen MR) is 79.6 cm³/mol. The monoisotopic (exact) mass is 269 g/mol. The number of nitrogens with zero attached hydrogens (tertiary/aromatic N) is 1. The van der Waals surface area contributed by atoms with E-state index in [0.29, 0.717) is 0 Å². The second-order valence-electron chi connectivity index (χ2n) is 4.03. The Hall–Kier alpha value is -2.82. The van der Waals surface area contributed by atoms with Gasteiger partial charge in [0.1, 0.15) is 5.76 Å². The van der Waals surface area contributed by atoms with Crippen molar-refractivity contribution in [2.45, 2.75) is 6.92 Å². The molecule has 0 fully saturated rings. The Morgan fingerprint density at radius 3 is 2.85 bits per heavy atom. The molecule has 102 valence electrons. The molecule has 0 spiro atoms. The molecule has 0 bridgehead atoms. The number of allylic oxidation sites excluding steroid dienone is 1. The van der Waals surface area contributed by atoms with Crippen LogP contribution in [0.1, 0.15) is 11.3 Å². The van der Waals surface area contributed by atoms with Crippen LogP contribution in [0.2, 0.25) is 0 Å². The van der Waals surface area contributed by atoms with Crippen LogP contribution in [-0.2, 0) is 0 Å². The summed E-state index contributed by atoms with van der Waals surface area (Å²) in [5, 5.41) is 6.49. The molecule has 0 radical (unpaired) electrons. The minimum absolute atomic E-state index is 0.387. The van der Waals surface area contributed by atoms with Crippen molar-refractivity contribution in [3.63, 3.8) is 0 Å². The fourth-order valence-corrected chi connectivity index (χ4v) is 1.53. The predicted octanol–water partition coefficient (Wildman–Crippen LogP) is 3.41. The van der Waals surface area contributed by atoms with Crippen LogP contribution in [-0.4, -0.2) is 12.2 Å². The summed E-state index contributed by atoms with van der Waals surface area (Å²) in [4.78, 5) is 11.6. The number of benzene rings is 1. The number of nitrogens with one attached hydrogen (secondary N) is 2. The minimum Gasteiger partial charge on any atom is -0.465 e. The average Bonchev–Trinajstić information content (AvgIpc) is 2.94. The average molecular weight is 269 g/mol. The number of aryl methyl sites for hydroxylation is 1. The van der Waals surface area contributed by atoms with E-state index in [9.17, 15) is 4.79 Å². The third-order valence-electron chi connectivity index (χ3n) is 2.52. The molecule has 2 rings (SSSR count). The quantitative estimate of drug-likeness (QED) is 0.659. The van der Waals surface area contributed by atoms with Gasteiger partial charge in [0.25, 0.3) is 0 Å². The number of hydrazone groups is 1. The zero-order chi connectivity index (χ0) is 14.2. The summed E-state index contributed by atoms with van der Waals surface area (Å²) in [6, 6.07) is 10.8.